The fourth-order valence-electron chi connectivity index (χ4n) is 5.36. The van der Waals surface area contributed by atoms with Crippen LogP contribution in [0.1, 0.15) is 58.1 Å². The molecule has 5 rings (SSSR count). The van der Waals surface area contributed by atoms with E-state index in [1.807, 2.05) is 13.1 Å². The van der Waals surface area contributed by atoms with Crippen LogP contribution in [0, 0.1) is 0 Å². The molecule has 15 heteroatoms. The molecule has 0 radical (unpaired) electrons. The average Bonchev–Trinajstić information content (AvgIpc) is 3.50. The molecule has 4 atom stereocenters. The maximum atomic E-state index is 13.1. The van der Waals surface area contributed by atoms with Crippen LogP contribution in [0.15, 0.2) is 71.7 Å². The number of likely N-dealkylation sites (N-methyl/N-ethyl adjacent to an activating group) is 1. The molecule has 1 saturated heterocycles. The number of rotatable bonds is 12. The first kappa shape index (κ1) is 36.7. The Morgan fingerprint density at radius 1 is 1.00 bits per heavy atom. The number of benzene rings is 2. The zero-order valence-electron chi connectivity index (χ0n) is 29.0. The van der Waals surface area contributed by atoms with Crippen molar-refractivity contribution in [3.8, 4) is 0 Å². The third kappa shape index (κ3) is 7.76. The number of carbonyl (C=O) groups excluding carboxylic acids is 4. The van der Waals surface area contributed by atoms with Crippen LogP contribution in [-0.4, -0.2) is 108 Å². The van der Waals surface area contributed by atoms with Crippen molar-refractivity contribution in [2.24, 2.45) is 0 Å². The number of amides is 4. The molecule has 3 heterocycles. The van der Waals surface area contributed by atoms with Crippen molar-refractivity contribution in [3.63, 3.8) is 0 Å². The number of imide groups is 1. The largest absolute Gasteiger partial charge is 0.408 e. The lowest BCUT2D eigenvalue weighted by Gasteiger charge is -2.40. The van der Waals surface area contributed by atoms with Crippen molar-refractivity contribution in [1.29, 1.82) is 0 Å². The number of fused-ring (bicyclic) bond motifs is 1. The van der Waals surface area contributed by atoms with Crippen LogP contribution in [0.2, 0.25) is 18.1 Å². The summed E-state index contributed by atoms with van der Waals surface area (Å²) in [5.74, 6) is -1.84. The molecular weight excluding hydrogens is 662 g/mol. The lowest BCUT2D eigenvalue weighted by Crippen LogP contribution is -2.50. The minimum Gasteiger partial charge on any atom is -0.408 e. The highest BCUT2D eigenvalue weighted by Crippen LogP contribution is 2.41. The molecule has 14 nitrogen and oxygen atoms in total. The van der Waals surface area contributed by atoms with Gasteiger partial charge in [0.05, 0.1) is 24.3 Å². The molecule has 1 fully saturated rings. The molecule has 1 unspecified atom stereocenters. The minimum absolute atomic E-state index is 0.0271. The van der Waals surface area contributed by atoms with Crippen molar-refractivity contribution >= 4 is 37.8 Å². The normalized spacial score (nSPS) is 20.6. The number of aromatic nitrogens is 2. The topological polar surface area (TPSA) is 170 Å². The predicted octanol–water partition coefficient (Wildman–Crippen LogP) is 2.92. The summed E-state index contributed by atoms with van der Waals surface area (Å²) in [5.41, 5.74) is 0.198. The summed E-state index contributed by atoms with van der Waals surface area (Å²) in [5, 5.41) is 13.9. The summed E-state index contributed by atoms with van der Waals surface area (Å²) in [6, 6.07) is 16.4. The Morgan fingerprint density at radius 3 is 2.22 bits per heavy atom. The van der Waals surface area contributed by atoms with Gasteiger partial charge in [0.2, 0.25) is 5.91 Å². The Kier molecular flexibility index (Phi) is 10.8. The van der Waals surface area contributed by atoms with Gasteiger partial charge in [-0.3, -0.25) is 28.6 Å². The number of nitrogens with one attached hydrogen (secondary N) is 1. The molecule has 0 spiro atoms. The molecular formula is C35H43N5O9Si. The Morgan fingerprint density at radius 2 is 1.62 bits per heavy atom. The van der Waals surface area contributed by atoms with E-state index in [1.54, 1.807) is 61.6 Å². The number of aliphatic hydroxyl groups excluding tert-OH is 1. The Hall–Kier alpha value is -4.54. The smallest absolute Gasteiger partial charge is 0.351 e. The van der Waals surface area contributed by atoms with E-state index < -0.39 is 68.7 Å². The van der Waals surface area contributed by atoms with Gasteiger partial charge < -0.3 is 29.2 Å². The summed E-state index contributed by atoms with van der Waals surface area (Å²) in [6.07, 6.45) is -2.65. The van der Waals surface area contributed by atoms with Gasteiger partial charge in [-0.15, -0.1) is 0 Å². The number of ether oxygens (including phenoxy) is 2. The van der Waals surface area contributed by atoms with Gasteiger partial charge in [-0.25, -0.2) is 4.79 Å². The van der Waals surface area contributed by atoms with E-state index >= 15 is 0 Å². The molecule has 50 heavy (non-hydrogen) atoms. The zero-order valence-corrected chi connectivity index (χ0v) is 30.0. The summed E-state index contributed by atoms with van der Waals surface area (Å²) in [4.78, 5) is 70.3. The second kappa shape index (κ2) is 14.7. The van der Waals surface area contributed by atoms with Crippen molar-refractivity contribution in [1.82, 2.24) is 19.4 Å². The number of aliphatic hydroxyl groups is 1. The fraction of sp³-hybridized carbons (Fsp3) is 0.429. The Bertz CT molecular complexity index is 1770. The lowest BCUT2D eigenvalue weighted by molar-refractivity contribution is -0.131. The molecule has 266 valence electrons. The van der Waals surface area contributed by atoms with Crippen molar-refractivity contribution in [2.45, 2.75) is 63.4 Å². The van der Waals surface area contributed by atoms with Crippen LogP contribution in [0.5, 0.6) is 0 Å². The first-order valence-corrected chi connectivity index (χ1v) is 19.2. The molecule has 3 aromatic rings. The molecule has 4 amide bonds. The number of hydrogen-bond acceptors (Lipinski definition) is 10. The third-order valence-corrected chi connectivity index (χ3v) is 13.9. The van der Waals surface area contributed by atoms with Crippen molar-refractivity contribution < 1.29 is 38.2 Å². The molecule has 1 aromatic heterocycles. The minimum atomic E-state index is -2.45. The number of anilines is 1. The Balaban J connectivity index is 1.22. The number of nitrogens with zero attached hydrogens (tertiary/aromatic N) is 4. The van der Waals surface area contributed by atoms with Crippen molar-refractivity contribution in [2.75, 3.05) is 38.7 Å². The van der Waals surface area contributed by atoms with E-state index in [0.29, 0.717) is 5.56 Å². The van der Waals surface area contributed by atoms with E-state index in [4.69, 9.17) is 13.9 Å². The van der Waals surface area contributed by atoms with E-state index in [2.05, 4.69) is 31.1 Å². The number of hydrogen-bond donors (Lipinski definition) is 2. The molecule has 0 aliphatic carbocycles. The summed E-state index contributed by atoms with van der Waals surface area (Å²) in [6.45, 7) is 10.1. The number of carbonyl (C=O) groups is 4. The quantitative estimate of drug-likeness (QED) is 0.162. The van der Waals surface area contributed by atoms with Crippen LogP contribution in [0.25, 0.3) is 0 Å². The van der Waals surface area contributed by atoms with Gasteiger partial charge >= 0.3 is 5.69 Å². The summed E-state index contributed by atoms with van der Waals surface area (Å²) in [7, 11) is -0.903. The first-order chi connectivity index (χ1) is 23.6. The van der Waals surface area contributed by atoms with E-state index in [0.717, 1.165) is 9.47 Å². The standard InChI is InChI=1S/C35H43N5O9Si/c1-35(2,3)50(5,6)49-29-25(21-47-19-18-38(4)27(41)20-40-31(44)23-14-10-11-15-24(23)32(40)45)48-33(28(29)42)39-17-16-26(37-34(39)46)36-30(43)22-12-8-7-9-13-22/h7-17,25,28-29,33,42H,18-21H2,1-6H3,(H,36,37,43,46)/t25-,28+,29?,33-/m1/s1. The van der Waals surface area contributed by atoms with Gasteiger partial charge in [0.1, 0.15) is 30.7 Å². The molecule has 0 saturated carbocycles. The summed E-state index contributed by atoms with van der Waals surface area (Å²) >= 11 is 0. The van der Waals surface area contributed by atoms with Gasteiger partial charge in [0, 0.05) is 25.4 Å². The highest BCUT2D eigenvalue weighted by Gasteiger charge is 2.50. The van der Waals surface area contributed by atoms with E-state index in [9.17, 15) is 29.1 Å². The van der Waals surface area contributed by atoms with E-state index in [-0.39, 0.29) is 41.7 Å². The van der Waals surface area contributed by atoms with Crippen LogP contribution in [-0.2, 0) is 18.7 Å². The molecule has 2 aromatic carbocycles. The van der Waals surface area contributed by atoms with Crippen LogP contribution in [0.4, 0.5) is 5.82 Å². The SMILES string of the molecule is CN(CCOC[C@H]1O[C@@H](n2ccc(NC(=O)c3ccccc3)nc2=O)[C@@H](O)C1O[Si](C)(C)C(C)(C)C)C(=O)CN1C(=O)c2ccccc2C1=O. The molecule has 2 aliphatic rings. The van der Waals surface area contributed by atoms with E-state index in [1.165, 1.54) is 17.2 Å². The van der Waals surface area contributed by atoms with Gasteiger partial charge in [-0.05, 0) is 48.5 Å². The second-order valence-corrected chi connectivity index (χ2v) is 18.6. The van der Waals surface area contributed by atoms with Crippen LogP contribution in [0.3, 0.4) is 0 Å². The predicted molar refractivity (Wildman–Crippen MR) is 185 cm³/mol. The monoisotopic (exact) mass is 705 g/mol. The third-order valence-electron chi connectivity index (χ3n) is 9.38. The van der Waals surface area contributed by atoms with Gasteiger partial charge in [-0.1, -0.05) is 51.1 Å². The van der Waals surface area contributed by atoms with Gasteiger partial charge in [-0.2, -0.15) is 4.98 Å². The Labute approximate surface area is 291 Å². The van der Waals surface area contributed by atoms with Gasteiger partial charge in [0.15, 0.2) is 14.5 Å². The average molecular weight is 706 g/mol. The highest BCUT2D eigenvalue weighted by atomic mass is 28.4. The molecule has 2 aliphatic heterocycles. The first-order valence-electron chi connectivity index (χ1n) is 16.3. The van der Waals surface area contributed by atoms with Gasteiger partial charge in [0.25, 0.3) is 17.7 Å². The maximum Gasteiger partial charge on any atom is 0.351 e. The highest BCUT2D eigenvalue weighted by molar-refractivity contribution is 6.74. The molecule has 0 bridgehead atoms. The maximum absolute atomic E-state index is 13.1. The fourth-order valence-corrected chi connectivity index (χ4v) is 6.69. The van der Waals surface area contributed by atoms with Crippen LogP contribution >= 0.6 is 0 Å². The zero-order chi connectivity index (χ0) is 36.4. The summed E-state index contributed by atoms with van der Waals surface area (Å²) < 4.78 is 19.9. The molecule has 2 N–H and O–H groups in total. The van der Waals surface area contributed by atoms with Crippen molar-refractivity contribution in [3.05, 3.63) is 94.0 Å². The van der Waals surface area contributed by atoms with Crippen LogP contribution < -0.4 is 11.0 Å². The second-order valence-electron chi connectivity index (χ2n) is 13.9. The lowest BCUT2D eigenvalue weighted by atomic mass is 10.1.